The molecular weight excluding hydrogens is 452 g/mol. The van der Waals surface area contributed by atoms with Crippen molar-refractivity contribution in [3.8, 4) is 11.4 Å². The summed E-state index contributed by atoms with van der Waals surface area (Å²) in [5, 5.41) is 3.13. The highest BCUT2D eigenvalue weighted by molar-refractivity contribution is 6.00. The summed E-state index contributed by atoms with van der Waals surface area (Å²) in [5.41, 5.74) is 0.129. The van der Waals surface area contributed by atoms with Gasteiger partial charge in [-0.1, -0.05) is 0 Å². The monoisotopic (exact) mass is 472 g/mol. The van der Waals surface area contributed by atoms with Gasteiger partial charge in [0.25, 0.3) is 5.91 Å². The molecular formula is C23H20F4N6O. The number of nitrogens with one attached hydrogen (secondary N) is 1. The lowest BCUT2D eigenvalue weighted by atomic mass is 10.0. The number of halogens is 4. The van der Waals surface area contributed by atoms with E-state index >= 15 is 0 Å². The number of hydrogen-bond donors (Lipinski definition) is 1. The average Bonchev–Trinajstić information content (AvgIpc) is 3.40. The van der Waals surface area contributed by atoms with Gasteiger partial charge in [-0.05, 0) is 49.4 Å². The van der Waals surface area contributed by atoms with E-state index in [4.69, 9.17) is 0 Å². The van der Waals surface area contributed by atoms with E-state index in [-0.39, 0.29) is 46.7 Å². The molecule has 1 aliphatic heterocycles. The maximum Gasteiger partial charge on any atom is 0.434 e. The molecule has 7 nitrogen and oxygen atoms in total. The number of fused-ring (bicyclic) bond motifs is 2. The Kier molecular flexibility index (Phi) is 5.41. The Morgan fingerprint density at radius 2 is 1.91 bits per heavy atom. The summed E-state index contributed by atoms with van der Waals surface area (Å²) in [6.45, 7) is 2.34. The first-order valence-corrected chi connectivity index (χ1v) is 10.7. The van der Waals surface area contributed by atoms with E-state index < -0.39 is 17.7 Å². The van der Waals surface area contributed by atoms with Crippen LogP contribution in [-0.2, 0) is 6.18 Å². The van der Waals surface area contributed by atoms with Gasteiger partial charge in [0.1, 0.15) is 17.2 Å². The summed E-state index contributed by atoms with van der Waals surface area (Å²) in [6.07, 6.45) is 1.68. The Morgan fingerprint density at radius 1 is 1.09 bits per heavy atom. The Bertz CT molecular complexity index is 1230. The molecule has 0 aromatic carbocycles. The molecule has 1 aliphatic carbocycles. The molecule has 2 aliphatic rings. The summed E-state index contributed by atoms with van der Waals surface area (Å²) in [6, 6.07) is 4.02. The molecule has 1 saturated heterocycles. The van der Waals surface area contributed by atoms with Gasteiger partial charge in [0.2, 0.25) is 0 Å². The van der Waals surface area contributed by atoms with Gasteiger partial charge in [-0.3, -0.25) is 14.8 Å². The predicted octanol–water partition coefficient (Wildman–Crippen LogP) is 4.12. The molecule has 0 spiro atoms. The van der Waals surface area contributed by atoms with Crippen LogP contribution in [0.1, 0.15) is 34.5 Å². The van der Waals surface area contributed by atoms with Crippen molar-refractivity contribution in [3.63, 3.8) is 0 Å². The van der Waals surface area contributed by atoms with Gasteiger partial charge in [-0.25, -0.2) is 14.4 Å². The Balaban J connectivity index is 1.39. The lowest BCUT2D eigenvalue weighted by Crippen LogP contribution is -2.48. The molecule has 2 bridgehead atoms. The maximum absolute atomic E-state index is 14.4. The molecule has 176 valence electrons. The normalized spacial score (nSPS) is 21.7. The standard InChI is InChI=1S/C23H20F4N6O/c1-12-5-14(20(31-8-12)21-15(24)3-2-4-28-21)22(34)33-11-13-6-16(17(33)7-13)32-19-10-29-18(9-30-19)23(25,26)27/h2-5,8-10,13,16-17H,6-7,11H2,1H3,(H,30,32)/t13-,16+,17-/m0/s1. The second kappa shape index (κ2) is 8.30. The number of pyridine rings is 2. The largest absolute Gasteiger partial charge is 0.434 e. The first-order chi connectivity index (χ1) is 16.2. The smallest absolute Gasteiger partial charge is 0.364 e. The molecule has 4 heterocycles. The second-order valence-corrected chi connectivity index (χ2v) is 8.64. The van der Waals surface area contributed by atoms with Crippen LogP contribution in [0.25, 0.3) is 11.4 Å². The van der Waals surface area contributed by atoms with Crippen molar-refractivity contribution in [1.29, 1.82) is 0 Å². The number of carbonyl (C=O) groups is 1. The summed E-state index contributed by atoms with van der Waals surface area (Å²) < 4.78 is 52.7. The van der Waals surface area contributed by atoms with E-state index in [2.05, 4.69) is 25.3 Å². The van der Waals surface area contributed by atoms with E-state index in [0.717, 1.165) is 24.6 Å². The molecule has 1 amide bonds. The zero-order chi connectivity index (χ0) is 24.0. The predicted molar refractivity (Wildman–Crippen MR) is 114 cm³/mol. The van der Waals surface area contributed by atoms with Gasteiger partial charge < -0.3 is 10.2 Å². The average molecular weight is 472 g/mol. The Labute approximate surface area is 192 Å². The molecule has 11 heteroatoms. The maximum atomic E-state index is 14.4. The van der Waals surface area contributed by atoms with Crippen molar-refractivity contribution in [2.75, 3.05) is 11.9 Å². The zero-order valence-electron chi connectivity index (χ0n) is 18.1. The minimum Gasteiger partial charge on any atom is -0.364 e. The quantitative estimate of drug-likeness (QED) is 0.576. The number of aromatic nitrogens is 4. The fourth-order valence-electron chi connectivity index (χ4n) is 4.79. The van der Waals surface area contributed by atoms with Crippen LogP contribution in [0.2, 0.25) is 0 Å². The van der Waals surface area contributed by atoms with Crippen LogP contribution in [0.4, 0.5) is 23.4 Å². The zero-order valence-corrected chi connectivity index (χ0v) is 18.1. The van der Waals surface area contributed by atoms with Crippen LogP contribution in [0.15, 0.2) is 43.0 Å². The number of carbonyl (C=O) groups excluding carboxylic acids is 1. The molecule has 1 N–H and O–H groups in total. The van der Waals surface area contributed by atoms with Crippen molar-refractivity contribution in [3.05, 3.63) is 65.6 Å². The summed E-state index contributed by atoms with van der Waals surface area (Å²) in [5.74, 6) is -0.405. The van der Waals surface area contributed by atoms with Crippen molar-refractivity contribution >= 4 is 11.7 Å². The van der Waals surface area contributed by atoms with Gasteiger partial charge >= 0.3 is 6.18 Å². The Morgan fingerprint density at radius 3 is 2.59 bits per heavy atom. The molecule has 3 atom stereocenters. The van der Waals surface area contributed by atoms with Crippen molar-refractivity contribution in [1.82, 2.24) is 24.8 Å². The number of nitrogens with zero attached hydrogens (tertiary/aromatic N) is 5. The third kappa shape index (κ3) is 4.06. The number of amides is 1. The van der Waals surface area contributed by atoms with Crippen molar-refractivity contribution in [2.24, 2.45) is 5.92 Å². The van der Waals surface area contributed by atoms with Crippen LogP contribution >= 0.6 is 0 Å². The van der Waals surface area contributed by atoms with E-state index in [1.54, 1.807) is 24.1 Å². The molecule has 34 heavy (non-hydrogen) atoms. The fourth-order valence-corrected chi connectivity index (χ4v) is 4.79. The topological polar surface area (TPSA) is 83.9 Å². The van der Waals surface area contributed by atoms with Gasteiger partial charge in [0.15, 0.2) is 11.5 Å². The number of piperidine rings is 1. The fraction of sp³-hybridized carbons (Fsp3) is 0.348. The molecule has 5 rings (SSSR count). The minimum absolute atomic E-state index is 0.00455. The van der Waals surface area contributed by atoms with Gasteiger partial charge in [-0.2, -0.15) is 13.2 Å². The number of aryl methyl sites for hydroxylation is 1. The number of alkyl halides is 3. The molecule has 3 aromatic heterocycles. The van der Waals surface area contributed by atoms with Gasteiger partial charge in [0, 0.05) is 25.0 Å². The van der Waals surface area contributed by atoms with E-state index in [1.807, 2.05) is 0 Å². The molecule has 0 unspecified atom stereocenters. The molecule has 3 aromatic rings. The van der Waals surface area contributed by atoms with Crippen LogP contribution in [0.5, 0.6) is 0 Å². The first-order valence-electron chi connectivity index (χ1n) is 10.7. The van der Waals surface area contributed by atoms with E-state index in [9.17, 15) is 22.4 Å². The number of anilines is 1. The number of likely N-dealkylation sites (tertiary alicyclic amines) is 1. The van der Waals surface area contributed by atoms with Gasteiger partial charge in [0.05, 0.1) is 24.0 Å². The first kappa shape index (κ1) is 22.2. The molecule has 2 fully saturated rings. The molecule has 0 radical (unpaired) electrons. The van der Waals surface area contributed by atoms with Crippen LogP contribution in [0.3, 0.4) is 0 Å². The van der Waals surface area contributed by atoms with Crippen LogP contribution in [0, 0.1) is 18.7 Å². The summed E-state index contributed by atoms with van der Waals surface area (Å²) in [4.78, 5) is 31.0. The highest BCUT2D eigenvalue weighted by Crippen LogP contribution is 2.40. The molecule has 1 saturated carbocycles. The third-order valence-electron chi connectivity index (χ3n) is 6.26. The second-order valence-electron chi connectivity index (χ2n) is 8.64. The number of rotatable bonds is 4. The highest BCUT2D eigenvalue weighted by Gasteiger charge is 2.47. The summed E-state index contributed by atoms with van der Waals surface area (Å²) >= 11 is 0. The lowest BCUT2D eigenvalue weighted by Gasteiger charge is -2.34. The summed E-state index contributed by atoms with van der Waals surface area (Å²) in [7, 11) is 0. The van der Waals surface area contributed by atoms with E-state index in [0.29, 0.717) is 12.7 Å². The third-order valence-corrected chi connectivity index (χ3v) is 6.26. The SMILES string of the molecule is Cc1cnc(-c2ncccc2F)c(C(=O)N2C[C@H]3C[C@@H](Nc4cnc(C(F)(F)F)cn4)[C@@H]2C3)c1. The van der Waals surface area contributed by atoms with E-state index in [1.165, 1.54) is 18.3 Å². The van der Waals surface area contributed by atoms with Crippen LogP contribution in [-0.4, -0.2) is 49.4 Å². The Hall–Kier alpha value is -3.63. The highest BCUT2D eigenvalue weighted by atomic mass is 19.4. The minimum atomic E-state index is -4.56. The van der Waals surface area contributed by atoms with Crippen molar-refractivity contribution < 1.29 is 22.4 Å². The number of hydrogen-bond acceptors (Lipinski definition) is 6. The van der Waals surface area contributed by atoms with Crippen molar-refractivity contribution in [2.45, 2.75) is 38.0 Å². The van der Waals surface area contributed by atoms with Crippen LogP contribution < -0.4 is 5.32 Å². The lowest BCUT2D eigenvalue weighted by molar-refractivity contribution is -0.141. The van der Waals surface area contributed by atoms with Gasteiger partial charge in [-0.15, -0.1) is 0 Å².